The summed E-state index contributed by atoms with van der Waals surface area (Å²) in [7, 11) is 0. The lowest BCUT2D eigenvalue weighted by Crippen LogP contribution is -1.96. The van der Waals surface area contributed by atoms with Crippen LogP contribution < -0.4 is 0 Å². The Morgan fingerprint density at radius 1 is 0.913 bits per heavy atom. The molecule has 0 radical (unpaired) electrons. The molecular formula is C23H28. The van der Waals surface area contributed by atoms with E-state index in [9.17, 15) is 0 Å². The van der Waals surface area contributed by atoms with Gasteiger partial charge in [0.2, 0.25) is 0 Å². The summed E-state index contributed by atoms with van der Waals surface area (Å²) in [6, 6.07) is 9.31. The first-order valence-electron chi connectivity index (χ1n) is 8.90. The quantitative estimate of drug-likeness (QED) is 0.588. The van der Waals surface area contributed by atoms with Crippen molar-refractivity contribution in [1.82, 2.24) is 0 Å². The molecule has 3 rings (SSSR count). The molecule has 0 heteroatoms. The van der Waals surface area contributed by atoms with Gasteiger partial charge in [0.15, 0.2) is 0 Å². The number of rotatable bonds is 4. The van der Waals surface area contributed by atoms with Gasteiger partial charge in [-0.2, -0.15) is 0 Å². The summed E-state index contributed by atoms with van der Waals surface area (Å²) in [5, 5.41) is 0. The zero-order valence-corrected chi connectivity index (χ0v) is 15.2. The summed E-state index contributed by atoms with van der Waals surface area (Å²) in [6.07, 6.45) is 7.45. The van der Waals surface area contributed by atoms with Crippen molar-refractivity contribution in [1.29, 1.82) is 0 Å². The van der Waals surface area contributed by atoms with Gasteiger partial charge in [0.1, 0.15) is 0 Å². The molecule has 1 aliphatic carbocycles. The monoisotopic (exact) mass is 304 g/mol. The fourth-order valence-corrected chi connectivity index (χ4v) is 3.81. The summed E-state index contributed by atoms with van der Waals surface area (Å²) in [4.78, 5) is 0. The summed E-state index contributed by atoms with van der Waals surface area (Å²) in [6.45, 7) is 11.2. The number of unbranched alkanes of at least 4 members (excludes halogenated alkanes) is 1. The molecule has 120 valence electrons. The fraction of sp³-hybridized carbons (Fsp3) is 0.391. The van der Waals surface area contributed by atoms with Crippen molar-refractivity contribution in [3.63, 3.8) is 0 Å². The zero-order valence-electron chi connectivity index (χ0n) is 15.2. The Balaban J connectivity index is 2.13. The molecule has 23 heavy (non-hydrogen) atoms. The summed E-state index contributed by atoms with van der Waals surface area (Å²) in [5.41, 5.74) is 13.0. The zero-order chi connectivity index (χ0) is 16.6. The normalized spacial score (nSPS) is 13.2. The Bertz CT molecular complexity index is 755. The molecule has 0 atom stereocenters. The number of hydrogen-bond acceptors (Lipinski definition) is 0. The van der Waals surface area contributed by atoms with Crippen LogP contribution in [0.5, 0.6) is 0 Å². The lowest BCUT2D eigenvalue weighted by atomic mass is 9.89. The highest BCUT2D eigenvalue weighted by molar-refractivity contribution is 5.83. The van der Waals surface area contributed by atoms with Crippen LogP contribution in [0.15, 0.2) is 29.8 Å². The molecule has 1 aliphatic rings. The Kier molecular flexibility index (Phi) is 4.43. The standard InChI is InChI=1S/C23H28/c1-6-7-8-19-13-21-18(5)17(4)12-22(23(21)14-19)20-10-15(2)9-16(3)11-20/h9-12,14H,6-8,13H2,1-5H3. The second-order valence-electron chi connectivity index (χ2n) is 7.22. The van der Waals surface area contributed by atoms with Crippen molar-refractivity contribution < 1.29 is 0 Å². The van der Waals surface area contributed by atoms with Crippen molar-refractivity contribution in [3.05, 3.63) is 63.2 Å². The van der Waals surface area contributed by atoms with Crippen molar-refractivity contribution >= 4 is 6.08 Å². The third-order valence-corrected chi connectivity index (χ3v) is 5.16. The lowest BCUT2D eigenvalue weighted by molar-refractivity contribution is 0.779. The number of hydrogen-bond donors (Lipinski definition) is 0. The second-order valence-corrected chi connectivity index (χ2v) is 7.22. The molecule has 0 aromatic heterocycles. The van der Waals surface area contributed by atoms with E-state index in [0.717, 1.165) is 6.42 Å². The first-order chi connectivity index (χ1) is 11.0. The van der Waals surface area contributed by atoms with Gasteiger partial charge in [-0.05, 0) is 80.3 Å². The van der Waals surface area contributed by atoms with Crippen LogP contribution in [-0.2, 0) is 6.42 Å². The van der Waals surface area contributed by atoms with E-state index in [1.807, 2.05) is 0 Å². The van der Waals surface area contributed by atoms with Gasteiger partial charge in [-0.3, -0.25) is 0 Å². The summed E-state index contributed by atoms with van der Waals surface area (Å²) < 4.78 is 0. The van der Waals surface area contributed by atoms with E-state index < -0.39 is 0 Å². The van der Waals surface area contributed by atoms with Gasteiger partial charge in [0.05, 0.1) is 0 Å². The Labute approximate surface area is 141 Å². The van der Waals surface area contributed by atoms with Crippen molar-refractivity contribution in [2.24, 2.45) is 0 Å². The second kappa shape index (κ2) is 6.35. The minimum Gasteiger partial charge on any atom is -0.0654 e. The van der Waals surface area contributed by atoms with E-state index in [1.54, 1.807) is 11.1 Å². The average Bonchev–Trinajstić information content (AvgIpc) is 2.92. The molecule has 2 aromatic carbocycles. The highest BCUT2D eigenvalue weighted by Gasteiger charge is 2.20. The molecule has 0 saturated heterocycles. The van der Waals surface area contributed by atoms with Gasteiger partial charge >= 0.3 is 0 Å². The van der Waals surface area contributed by atoms with Crippen LogP contribution in [0.3, 0.4) is 0 Å². The third kappa shape index (κ3) is 3.13. The Hall–Kier alpha value is -1.82. The molecule has 0 aliphatic heterocycles. The number of benzene rings is 2. The molecule has 0 amide bonds. The van der Waals surface area contributed by atoms with Crippen LogP contribution in [0.4, 0.5) is 0 Å². The maximum Gasteiger partial charge on any atom is -0.00549 e. The SMILES string of the molecule is CCCCC1=Cc2c(-c3cc(C)cc(C)c3)cc(C)c(C)c2C1. The molecule has 0 heterocycles. The summed E-state index contributed by atoms with van der Waals surface area (Å²) in [5.74, 6) is 0. The Morgan fingerprint density at radius 3 is 2.26 bits per heavy atom. The van der Waals surface area contributed by atoms with Crippen molar-refractivity contribution in [3.8, 4) is 11.1 Å². The minimum atomic E-state index is 1.15. The molecule has 0 bridgehead atoms. The van der Waals surface area contributed by atoms with E-state index >= 15 is 0 Å². The van der Waals surface area contributed by atoms with Gasteiger partial charge in [-0.25, -0.2) is 0 Å². The minimum absolute atomic E-state index is 1.15. The fourth-order valence-electron chi connectivity index (χ4n) is 3.81. The van der Waals surface area contributed by atoms with Crippen LogP contribution >= 0.6 is 0 Å². The Morgan fingerprint density at radius 2 is 1.61 bits per heavy atom. The van der Waals surface area contributed by atoms with Crippen molar-refractivity contribution in [2.75, 3.05) is 0 Å². The largest absolute Gasteiger partial charge is 0.0654 e. The number of fused-ring (bicyclic) bond motifs is 1. The van der Waals surface area contributed by atoms with Gasteiger partial charge in [-0.15, -0.1) is 0 Å². The smallest absolute Gasteiger partial charge is 0.00549 e. The van der Waals surface area contributed by atoms with Gasteiger partial charge in [0.25, 0.3) is 0 Å². The maximum absolute atomic E-state index is 2.48. The van der Waals surface area contributed by atoms with Crippen LogP contribution in [-0.4, -0.2) is 0 Å². The molecule has 0 saturated carbocycles. The van der Waals surface area contributed by atoms with Crippen LogP contribution in [0.2, 0.25) is 0 Å². The summed E-state index contributed by atoms with van der Waals surface area (Å²) >= 11 is 0. The van der Waals surface area contributed by atoms with E-state index in [4.69, 9.17) is 0 Å². The maximum atomic E-state index is 2.48. The van der Waals surface area contributed by atoms with Crippen LogP contribution in [0, 0.1) is 27.7 Å². The van der Waals surface area contributed by atoms with E-state index in [0.29, 0.717) is 0 Å². The van der Waals surface area contributed by atoms with Crippen LogP contribution in [0.1, 0.15) is 59.6 Å². The topological polar surface area (TPSA) is 0 Å². The predicted octanol–water partition coefficient (Wildman–Crippen LogP) is 6.72. The van der Waals surface area contributed by atoms with E-state index in [1.165, 1.54) is 58.2 Å². The highest BCUT2D eigenvalue weighted by Crippen LogP contribution is 2.39. The molecule has 0 unspecified atom stereocenters. The molecule has 0 nitrogen and oxygen atoms in total. The first kappa shape index (κ1) is 16.1. The number of aryl methyl sites for hydroxylation is 3. The molecule has 0 N–H and O–H groups in total. The van der Waals surface area contributed by atoms with Gasteiger partial charge < -0.3 is 0 Å². The van der Waals surface area contributed by atoms with E-state index in [-0.39, 0.29) is 0 Å². The number of allylic oxidation sites excluding steroid dienone is 1. The van der Waals surface area contributed by atoms with Gasteiger partial charge in [0, 0.05) is 0 Å². The highest BCUT2D eigenvalue weighted by atomic mass is 14.2. The predicted molar refractivity (Wildman–Crippen MR) is 102 cm³/mol. The molecular weight excluding hydrogens is 276 g/mol. The third-order valence-electron chi connectivity index (χ3n) is 5.16. The average molecular weight is 304 g/mol. The molecule has 0 spiro atoms. The van der Waals surface area contributed by atoms with E-state index in [2.05, 4.69) is 65.0 Å². The lowest BCUT2D eigenvalue weighted by Gasteiger charge is -2.15. The van der Waals surface area contributed by atoms with Gasteiger partial charge in [-0.1, -0.05) is 60.4 Å². The first-order valence-corrected chi connectivity index (χ1v) is 8.90. The molecule has 2 aromatic rings. The molecule has 0 fully saturated rings. The van der Waals surface area contributed by atoms with Crippen molar-refractivity contribution in [2.45, 2.75) is 60.3 Å². The van der Waals surface area contributed by atoms with Crippen LogP contribution in [0.25, 0.3) is 17.2 Å².